The average Bonchev–Trinajstić information content (AvgIpc) is 2.55. The smallest absolute Gasteiger partial charge is 0.335 e. The standard InChI is InChI=1S/C19H22O3/c1-2-3-4-7-14-22-18-9-6-5-8-17(18)15-10-12-16(13-11-15)19(20)21/h5-6,8-13H,2-4,7,14H2,1H3,(H,20,21). The van der Waals surface area contributed by atoms with Crippen LogP contribution in [0.5, 0.6) is 5.75 Å². The molecule has 116 valence electrons. The fraction of sp³-hybridized carbons (Fsp3) is 0.316. The zero-order valence-electron chi connectivity index (χ0n) is 12.9. The number of carboxylic acids is 1. The van der Waals surface area contributed by atoms with Gasteiger partial charge in [0.2, 0.25) is 0 Å². The van der Waals surface area contributed by atoms with E-state index in [-0.39, 0.29) is 0 Å². The summed E-state index contributed by atoms with van der Waals surface area (Å²) in [5.74, 6) is -0.0610. The second-order valence-corrected chi connectivity index (χ2v) is 5.29. The quantitative estimate of drug-likeness (QED) is 0.697. The second-order valence-electron chi connectivity index (χ2n) is 5.29. The summed E-state index contributed by atoms with van der Waals surface area (Å²) in [5, 5.41) is 8.96. The van der Waals surface area contributed by atoms with Crippen LogP contribution in [0, 0.1) is 0 Å². The topological polar surface area (TPSA) is 46.5 Å². The minimum atomic E-state index is -0.910. The Balaban J connectivity index is 2.08. The van der Waals surface area contributed by atoms with Gasteiger partial charge in [-0.15, -0.1) is 0 Å². The number of ether oxygens (including phenoxy) is 1. The summed E-state index contributed by atoms with van der Waals surface area (Å²) >= 11 is 0. The van der Waals surface area contributed by atoms with Crippen LogP contribution in [0.15, 0.2) is 48.5 Å². The molecule has 1 N–H and O–H groups in total. The maximum atomic E-state index is 10.9. The lowest BCUT2D eigenvalue weighted by Gasteiger charge is -2.11. The Bertz CT molecular complexity index is 602. The van der Waals surface area contributed by atoms with E-state index in [1.807, 2.05) is 36.4 Å². The van der Waals surface area contributed by atoms with Gasteiger partial charge in [-0.05, 0) is 30.2 Å². The lowest BCUT2D eigenvalue weighted by molar-refractivity contribution is 0.0697. The third-order valence-corrected chi connectivity index (χ3v) is 3.59. The Kier molecular flexibility index (Phi) is 6.01. The van der Waals surface area contributed by atoms with E-state index >= 15 is 0 Å². The van der Waals surface area contributed by atoms with Gasteiger partial charge in [0.1, 0.15) is 5.75 Å². The minimum absolute atomic E-state index is 0.293. The number of unbranched alkanes of at least 4 members (excludes halogenated alkanes) is 3. The Morgan fingerprint density at radius 1 is 1.00 bits per heavy atom. The molecule has 2 rings (SSSR count). The van der Waals surface area contributed by atoms with Crippen LogP contribution in [-0.2, 0) is 0 Å². The zero-order chi connectivity index (χ0) is 15.8. The summed E-state index contributed by atoms with van der Waals surface area (Å²) in [6, 6.07) is 14.8. The van der Waals surface area contributed by atoms with Crippen LogP contribution < -0.4 is 4.74 Å². The molecule has 0 saturated heterocycles. The zero-order valence-corrected chi connectivity index (χ0v) is 12.9. The molecule has 0 amide bonds. The molecule has 0 heterocycles. The van der Waals surface area contributed by atoms with E-state index in [1.165, 1.54) is 19.3 Å². The fourth-order valence-electron chi connectivity index (χ4n) is 2.33. The first-order valence-electron chi connectivity index (χ1n) is 7.78. The first-order valence-corrected chi connectivity index (χ1v) is 7.78. The summed E-state index contributed by atoms with van der Waals surface area (Å²) in [4.78, 5) is 10.9. The summed E-state index contributed by atoms with van der Waals surface area (Å²) < 4.78 is 5.90. The molecule has 22 heavy (non-hydrogen) atoms. The van der Waals surface area contributed by atoms with Crippen LogP contribution in [0.3, 0.4) is 0 Å². The molecule has 0 fully saturated rings. The molecule has 0 aliphatic carbocycles. The van der Waals surface area contributed by atoms with Gasteiger partial charge in [-0.3, -0.25) is 0 Å². The molecule has 0 unspecified atom stereocenters. The monoisotopic (exact) mass is 298 g/mol. The van der Waals surface area contributed by atoms with Gasteiger partial charge in [-0.1, -0.05) is 56.5 Å². The summed E-state index contributed by atoms with van der Waals surface area (Å²) in [6.45, 7) is 2.90. The summed E-state index contributed by atoms with van der Waals surface area (Å²) in [5.41, 5.74) is 2.26. The number of aromatic carboxylic acids is 1. The van der Waals surface area contributed by atoms with Crippen LogP contribution in [0.1, 0.15) is 43.0 Å². The number of carboxylic acid groups (broad SMARTS) is 1. The lowest BCUT2D eigenvalue weighted by atomic mass is 10.0. The van der Waals surface area contributed by atoms with Gasteiger partial charge in [0.05, 0.1) is 12.2 Å². The van der Waals surface area contributed by atoms with E-state index in [1.54, 1.807) is 12.1 Å². The highest BCUT2D eigenvalue weighted by Gasteiger charge is 2.07. The summed E-state index contributed by atoms with van der Waals surface area (Å²) in [7, 11) is 0. The number of carbonyl (C=O) groups is 1. The van der Waals surface area contributed by atoms with Crippen LogP contribution in [-0.4, -0.2) is 17.7 Å². The summed E-state index contributed by atoms with van der Waals surface area (Å²) in [6.07, 6.45) is 4.69. The van der Waals surface area contributed by atoms with Crippen molar-refractivity contribution in [3.63, 3.8) is 0 Å². The van der Waals surface area contributed by atoms with Gasteiger partial charge < -0.3 is 9.84 Å². The molecular formula is C19H22O3. The largest absolute Gasteiger partial charge is 0.493 e. The van der Waals surface area contributed by atoms with Gasteiger partial charge in [0.15, 0.2) is 0 Å². The highest BCUT2D eigenvalue weighted by Crippen LogP contribution is 2.30. The SMILES string of the molecule is CCCCCCOc1ccccc1-c1ccc(C(=O)O)cc1. The Morgan fingerprint density at radius 2 is 1.73 bits per heavy atom. The molecule has 3 nitrogen and oxygen atoms in total. The highest BCUT2D eigenvalue weighted by molar-refractivity contribution is 5.88. The molecule has 0 saturated carbocycles. The van der Waals surface area contributed by atoms with E-state index in [4.69, 9.17) is 9.84 Å². The molecule has 0 radical (unpaired) electrons. The van der Waals surface area contributed by atoms with Crippen LogP contribution in [0.25, 0.3) is 11.1 Å². The van der Waals surface area contributed by atoms with Gasteiger partial charge in [-0.25, -0.2) is 4.79 Å². The number of hydrogen-bond acceptors (Lipinski definition) is 2. The molecule has 0 aliphatic rings. The van der Waals surface area contributed by atoms with Crippen molar-refractivity contribution in [1.82, 2.24) is 0 Å². The maximum absolute atomic E-state index is 10.9. The van der Waals surface area contributed by atoms with Crippen LogP contribution >= 0.6 is 0 Å². The van der Waals surface area contributed by atoms with E-state index in [2.05, 4.69) is 6.92 Å². The van der Waals surface area contributed by atoms with Crippen molar-refractivity contribution >= 4 is 5.97 Å². The van der Waals surface area contributed by atoms with Crippen molar-refractivity contribution < 1.29 is 14.6 Å². The Hall–Kier alpha value is -2.29. The molecule has 0 aliphatic heterocycles. The number of hydrogen-bond donors (Lipinski definition) is 1. The average molecular weight is 298 g/mol. The lowest BCUT2D eigenvalue weighted by Crippen LogP contribution is -1.99. The van der Waals surface area contributed by atoms with Gasteiger partial charge >= 0.3 is 5.97 Å². The van der Waals surface area contributed by atoms with Crippen molar-refractivity contribution in [3.05, 3.63) is 54.1 Å². The first kappa shape index (κ1) is 16.1. The molecular weight excluding hydrogens is 276 g/mol. The van der Waals surface area contributed by atoms with Crippen LogP contribution in [0.4, 0.5) is 0 Å². The Morgan fingerprint density at radius 3 is 2.41 bits per heavy atom. The third kappa shape index (κ3) is 4.35. The van der Waals surface area contributed by atoms with Crippen molar-refractivity contribution in [3.8, 4) is 16.9 Å². The molecule has 3 heteroatoms. The van der Waals surface area contributed by atoms with Gasteiger partial charge in [0, 0.05) is 5.56 Å². The Labute approximate surface area is 131 Å². The molecule has 0 atom stereocenters. The fourth-order valence-corrected chi connectivity index (χ4v) is 2.33. The van der Waals surface area contributed by atoms with Crippen molar-refractivity contribution in [1.29, 1.82) is 0 Å². The molecule has 0 spiro atoms. The van der Waals surface area contributed by atoms with Gasteiger partial charge in [-0.2, -0.15) is 0 Å². The van der Waals surface area contributed by atoms with Crippen molar-refractivity contribution in [2.75, 3.05) is 6.61 Å². The first-order chi connectivity index (χ1) is 10.7. The predicted octanol–water partition coefficient (Wildman–Crippen LogP) is 5.01. The van der Waals surface area contributed by atoms with Crippen molar-refractivity contribution in [2.24, 2.45) is 0 Å². The van der Waals surface area contributed by atoms with E-state index in [0.717, 1.165) is 23.3 Å². The van der Waals surface area contributed by atoms with Crippen LogP contribution in [0.2, 0.25) is 0 Å². The van der Waals surface area contributed by atoms with E-state index < -0.39 is 5.97 Å². The van der Waals surface area contributed by atoms with E-state index in [0.29, 0.717) is 12.2 Å². The maximum Gasteiger partial charge on any atom is 0.335 e. The third-order valence-electron chi connectivity index (χ3n) is 3.59. The second kappa shape index (κ2) is 8.23. The molecule has 2 aromatic rings. The number of para-hydroxylation sites is 1. The van der Waals surface area contributed by atoms with Gasteiger partial charge in [0.25, 0.3) is 0 Å². The molecule has 0 aromatic heterocycles. The number of rotatable bonds is 8. The molecule has 2 aromatic carbocycles. The van der Waals surface area contributed by atoms with Crippen molar-refractivity contribution in [2.45, 2.75) is 32.6 Å². The number of benzene rings is 2. The van der Waals surface area contributed by atoms with E-state index in [9.17, 15) is 4.79 Å². The minimum Gasteiger partial charge on any atom is -0.493 e. The predicted molar refractivity (Wildman–Crippen MR) is 88.5 cm³/mol. The highest BCUT2D eigenvalue weighted by atomic mass is 16.5. The normalized spacial score (nSPS) is 10.4. The molecule has 0 bridgehead atoms.